The summed E-state index contributed by atoms with van der Waals surface area (Å²) in [7, 11) is -2.18. The van der Waals surface area contributed by atoms with Gasteiger partial charge in [0.05, 0.1) is 22.4 Å². The summed E-state index contributed by atoms with van der Waals surface area (Å²) in [6.45, 7) is 0.240. The highest BCUT2D eigenvalue weighted by Crippen LogP contribution is 2.24. The molecule has 6 nitrogen and oxygen atoms in total. The van der Waals surface area contributed by atoms with Crippen molar-refractivity contribution in [3.63, 3.8) is 0 Å². The topological polar surface area (TPSA) is 104 Å². The van der Waals surface area contributed by atoms with Gasteiger partial charge >= 0.3 is 0 Å². The van der Waals surface area contributed by atoms with E-state index in [2.05, 4.69) is 10.0 Å². The number of rotatable bonds is 6. The fourth-order valence-corrected chi connectivity index (χ4v) is 3.23. The van der Waals surface area contributed by atoms with Crippen LogP contribution >= 0.6 is 11.3 Å². The first-order valence-corrected chi connectivity index (χ1v) is 8.64. The molecular formula is C13H17N3O3S2. The van der Waals surface area contributed by atoms with Crippen LogP contribution in [0.3, 0.4) is 0 Å². The second-order valence-electron chi connectivity index (χ2n) is 4.41. The Kier molecular flexibility index (Phi) is 4.84. The van der Waals surface area contributed by atoms with E-state index in [-0.39, 0.29) is 11.4 Å². The molecule has 2 rings (SSSR count). The Morgan fingerprint density at radius 3 is 2.76 bits per heavy atom. The van der Waals surface area contributed by atoms with Crippen molar-refractivity contribution in [1.29, 1.82) is 0 Å². The number of nitrogen functional groups attached to an aromatic ring is 1. The van der Waals surface area contributed by atoms with Gasteiger partial charge in [0.15, 0.2) is 0 Å². The molecule has 1 aromatic heterocycles. The lowest BCUT2D eigenvalue weighted by molar-refractivity contribution is 0.192. The molecule has 0 saturated heterocycles. The quantitative estimate of drug-likeness (QED) is 0.600. The molecule has 0 fully saturated rings. The fraction of sp³-hybridized carbons (Fsp3) is 0.231. The van der Waals surface area contributed by atoms with Gasteiger partial charge in [-0.05, 0) is 47.6 Å². The van der Waals surface area contributed by atoms with E-state index in [9.17, 15) is 13.5 Å². The lowest BCUT2D eigenvalue weighted by Crippen LogP contribution is -2.19. The smallest absolute Gasteiger partial charge is 0.240 e. The zero-order valence-corrected chi connectivity index (χ0v) is 13.0. The first kappa shape index (κ1) is 15.8. The van der Waals surface area contributed by atoms with Crippen LogP contribution in [0.1, 0.15) is 11.7 Å². The van der Waals surface area contributed by atoms with Crippen LogP contribution in [0.4, 0.5) is 11.4 Å². The van der Waals surface area contributed by atoms with E-state index in [1.165, 1.54) is 36.6 Å². The Morgan fingerprint density at radius 1 is 1.38 bits per heavy atom. The highest BCUT2D eigenvalue weighted by molar-refractivity contribution is 7.89. The standard InChI is InChI=1S/C13H17N3O3S2/c1-15-21(18,19)10-2-3-11(14)12(6-10)16-7-13(17)9-4-5-20-8-9/h2-6,8,13,15-17H,7,14H2,1H3. The van der Waals surface area contributed by atoms with Gasteiger partial charge in [-0.3, -0.25) is 0 Å². The Labute approximate surface area is 127 Å². The average molecular weight is 327 g/mol. The monoisotopic (exact) mass is 327 g/mol. The largest absolute Gasteiger partial charge is 0.397 e. The first-order chi connectivity index (χ1) is 9.94. The predicted octanol–water partition coefficient (Wildman–Crippen LogP) is 1.38. The van der Waals surface area contributed by atoms with E-state index in [0.717, 1.165) is 5.56 Å². The van der Waals surface area contributed by atoms with Crippen LogP contribution in [0.5, 0.6) is 0 Å². The summed E-state index contributed by atoms with van der Waals surface area (Å²) in [5.74, 6) is 0. The number of nitrogens with one attached hydrogen (secondary N) is 2. The summed E-state index contributed by atoms with van der Waals surface area (Å²) >= 11 is 1.50. The molecule has 1 heterocycles. The molecule has 0 aliphatic rings. The molecule has 0 saturated carbocycles. The number of anilines is 2. The number of nitrogens with two attached hydrogens (primary N) is 1. The minimum atomic E-state index is -3.53. The van der Waals surface area contributed by atoms with Crippen LogP contribution in [-0.4, -0.2) is 27.1 Å². The van der Waals surface area contributed by atoms with Crippen molar-refractivity contribution in [1.82, 2.24) is 4.72 Å². The third kappa shape index (κ3) is 3.73. The second-order valence-corrected chi connectivity index (χ2v) is 7.08. The number of aliphatic hydroxyl groups excluding tert-OH is 1. The zero-order chi connectivity index (χ0) is 15.5. The normalized spacial score (nSPS) is 13.0. The summed E-state index contributed by atoms with van der Waals surface area (Å²) in [6.07, 6.45) is -0.680. The summed E-state index contributed by atoms with van der Waals surface area (Å²) in [4.78, 5) is 0.117. The minimum Gasteiger partial charge on any atom is -0.397 e. The molecule has 0 aliphatic heterocycles. The summed E-state index contributed by atoms with van der Waals surface area (Å²) in [5, 5.41) is 16.7. The second kappa shape index (κ2) is 6.44. The summed E-state index contributed by atoms with van der Waals surface area (Å²) in [5.41, 5.74) is 7.52. The van der Waals surface area contributed by atoms with Gasteiger partial charge in [-0.15, -0.1) is 0 Å². The average Bonchev–Trinajstić information content (AvgIpc) is 3.00. The third-order valence-electron chi connectivity index (χ3n) is 3.02. The fourth-order valence-electron chi connectivity index (χ4n) is 1.76. The Bertz CT molecular complexity index is 699. The van der Waals surface area contributed by atoms with Crippen molar-refractivity contribution in [3.8, 4) is 0 Å². The van der Waals surface area contributed by atoms with Gasteiger partial charge in [0.1, 0.15) is 0 Å². The molecule has 21 heavy (non-hydrogen) atoms. The van der Waals surface area contributed by atoms with Crippen molar-refractivity contribution >= 4 is 32.7 Å². The molecule has 1 unspecified atom stereocenters. The van der Waals surface area contributed by atoms with Crippen LogP contribution in [0.25, 0.3) is 0 Å². The third-order valence-corrected chi connectivity index (χ3v) is 5.13. The van der Waals surface area contributed by atoms with E-state index in [0.29, 0.717) is 11.4 Å². The van der Waals surface area contributed by atoms with Crippen LogP contribution in [-0.2, 0) is 10.0 Å². The Morgan fingerprint density at radius 2 is 2.14 bits per heavy atom. The number of benzene rings is 1. The van der Waals surface area contributed by atoms with E-state index in [4.69, 9.17) is 5.73 Å². The molecule has 2 aromatic rings. The number of aliphatic hydroxyl groups is 1. The van der Waals surface area contributed by atoms with Gasteiger partial charge in [0, 0.05) is 6.54 Å². The molecule has 0 bridgehead atoms. The summed E-state index contributed by atoms with van der Waals surface area (Å²) in [6, 6.07) is 6.23. The lowest BCUT2D eigenvalue weighted by atomic mass is 10.2. The Hall–Kier alpha value is -1.61. The van der Waals surface area contributed by atoms with E-state index >= 15 is 0 Å². The van der Waals surface area contributed by atoms with Gasteiger partial charge < -0.3 is 16.2 Å². The van der Waals surface area contributed by atoms with Crippen LogP contribution in [0.2, 0.25) is 0 Å². The maximum Gasteiger partial charge on any atom is 0.240 e. The molecular weight excluding hydrogens is 310 g/mol. The molecule has 114 valence electrons. The number of hydrogen-bond acceptors (Lipinski definition) is 6. The molecule has 1 atom stereocenters. The van der Waals surface area contributed by atoms with Gasteiger partial charge in [-0.25, -0.2) is 13.1 Å². The van der Waals surface area contributed by atoms with Crippen LogP contribution in [0.15, 0.2) is 39.9 Å². The lowest BCUT2D eigenvalue weighted by Gasteiger charge is -2.14. The number of thiophene rings is 1. The molecule has 1 aromatic carbocycles. The van der Waals surface area contributed by atoms with Crippen molar-refractivity contribution in [3.05, 3.63) is 40.6 Å². The number of hydrogen-bond donors (Lipinski definition) is 4. The van der Waals surface area contributed by atoms with E-state index in [1.807, 2.05) is 16.8 Å². The molecule has 8 heteroatoms. The van der Waals surface area contributed by atoms with Gasteiger partial charge in [0.2, 0.25) is 10.0 Å². The zero-order valence-electron chi connectivity index (χ0n) is 11.4. The highest BCUT2D eigenvalue weighted by atomic mass is 32.2. The molecule has 0 radical (unpaired) electrons. The number of sulfonamides is 1. The van der Waals surface area contributed by atoms with Crippen LogP contribution < -0.4 is 15.8 Å². The van der Waals surface area contributed by atoms with E-state index < -0.39 is 16.1 Å². The van der Waals surface area contributed by atoms with Crippen molar-refractivity contribution in [2.75, 3.05) is 24.6 Å². The predicted molar refractivity (Wildman–Crippen MR) is 84.9 cm³/mol. The molecule has 0 aliphatic carbocycles. The van der Waals surface area contributed by atoms with Crippen molar-refractivity contribution in [2.45, 2.75) is 11.0 Å². The molecule has 0 spiro atoms. The maximum absolute atomic E-state index is 11.8. The van der Waals surface area contributed by atoms with Gasteiger partial charge in [-0.2, -0.15) is 11.3 Å². The van der Waals surface area contributed by atoms with Gasteiger partial charge in [0.25, 0.3) is 0 Å². The maximum atomic E-state index is 11.8. The Balaban J connectivity index is 2.15. The summed E-state index contributed by atoms with van der Waals surface area (Å²) < 4.78 is 25.8. The van der Waals surface area contributed by atoms with E-state index in [1.54, 1.807) is 0 Å². The van der Waals surface area contributed by atoms with Crippen LogP contribution in [0, 0.1) is 0 Å². The highest BCUT2D eigenvalue weighted by Gasteiger charge is 2.14. The molecule has 5 N–H and O–H groups in total. The van der Waals surface area contributed by atoms with Crippen molar-refractivity contribution in [2.24, 2.45) is 0 Å². The molecule has 0 amide bonds. The minimum absolute atomic E-state index is 0.117. The SMILES string of the molecule is CNS(=O)(=O)c1ccc(N)c(NCC(O)c2ccsc2)c1. The first-order valence-electron chi connectivity index (χ1n) is 6.21. The van der Waals surface area contributed by atoms with Gasteiger partial charge in [-0.1, -0.05) is 0 Å². The van der Waals surface area contributed by atoms with Crippen molar-refractivity contribution < 1.29 is 13.5 Å².